The van der Waals surface area contributed by atoms with Crippen LogP contribution >= 0.6 is 0 Å². The highest BCUT2D eigenvalue weighted by atomic mass is 16.5. The zero-order valence-electron chi connectivity index (χ0n) is 18.7. The number of nitrogens with zero attached hydrogens (tertiary/aromatic N) is 2. The zero-order valence-corrected chi connectivity index (χ0v) is 18.7. The van der Waals surface area contributed by atoms with Crippen molar-refractivity contribution in [1.29, 1.82) is 0 Å². The number of carbonyl (C=O) groups is 1. The highest BCUT2D eigenvalue weighted by Gasteiger charge is 2.52. The Balaban J connectivity index is 1.62. The van der Waals surface area contributed by atoms with Crippen molar-refractivity contribution in [3.63, 3.8) is 0 Å². The van der Waals surface area contributed by atoms with E-state index in [1.165, 1.54) is 6.42 Å². The first-order valence-corrected chi connectivity index (χ1v) is 11.6. The molecule has 32 heavy (non-hydrogen) atoms. The molecule has 6 nitrogen and oxygen atoms in total. The summed E-state index contributed by atoms with van der Waals surface area (Å²) in [6.07, 6.45) is 3.98. The largest absolute Gasteiger partial charge is 0.494 e. The van der Waals surface area contributed by atoms with Gasteiger partial charge >= 0.3 is 0 Å². The van der Waals surface area contributed by atoms with Crippen LogP contribution in [0.25, 0.3) is 0 Å². The van der Waals surface area contributed by atoms with Crippen molar-refractivity contribution < 1.29 is 19.4 Å². The molecule has 2 aliphatic heterocycles. The number of likely N-dealkylation sites (tertiary alicyclic amines) is 1. The first-order valence-electron chi connectivity index (χ1n) is 11.6. The van der Waals surface area contributed by atoms with E-state index in [4.69, 9.17) is 19.6 Å². The average molecular weight is 437 g/mol. The number of ether oxygens (including phenoxy) is 2. The lowest BCUT2D eigenvalue weighted by Crippen LogP contribution is -2.55. The summed E-state index contributed by atoms with van der Waals surface area (Å²) in [5, 5.41) is 8.91. The minimum absolute atomic E-state index is 0.0625. The Hall–Kier alpha value is -2.86. The molecule has 6 heteroatoms. The fraction of sp³-hybridized carbons (Fsp3) is 0.462. The second-order valence-electron chi connectivity index (χ2n) is 8.57. The Morgan fingerprint density at radius 2 is 1.84 bits per heavy atom. The fourth-order valence-electron chi connectivity index (χ4n) is 4.40. The van der Waals surface area contributed by atoms with Crippen LogP contribution < -0.4 is 4.74 Å². The van der Waals surface area contributed by atoms with Crippen LogP contribution in [0.3, 0.4) is 0 Å². The third-order valence-corrected chi connectivity index (χ3v) is 6.26. The summed E-state index contributed by atoms with van der Waals surface area (Å²) >= 11 is 0. The molecular weight excluding hydrogens is 404 g/mol. The summed E-state index contributed by atoms with van der Waals surface area (Å²) < 4.78 is 11.8. The Bertz CT molecular complexity index is 923. The molecule has 2 atom stereocenters. The van der Waals surface area contributed by atoms with E-state index >= 15 is 0 Å². The summed E-state index contributed by atoms with van der Waals surface area (Å²) in [4.78, 5) is 20.8. The van der Waals surface area contributed by atoms with Gasteiger partial charge in [-0.25, -0.2) is 4.99 Å². The Kier molecular flexibility index (Phi) is 7.10. The Morgan fingerprint density at radius 1 is 1.12 bits per heavy atom. The van der Waals surface area contributed by atoms with Crippen molar-refractivity contribution in [3.05, 3.63) is 65.7 Å². The van der Waals surface area contributed by atoms with E-state index in [-0.39, 0.29) is 18.6 Å². The third kappa shape index (κ3) is 4.80. The van der Waals surface area contributed by atoms with Crippen LogP contribution in [0, 0.1) is 0 Å². The Labute approximate surface area is 189 Å². The van der Waals surface area contributed by atoms with E-state index in [2.05, 4.69) is 0 Å². The van der Waals surface area contributed by atoms with Crippen LogP contribution in [0.1, 0.15) is 43.7 Å². The minimum atomic E-state index is -0.968. The number of hydrogen-bond acceptors (Lipinski definition) is 5. The van der Waals surface area contributed by atoms with Gasteiger partial charge in [0.15, 0.2) is 5.54 Å². The van der Waals surface area contributed by atoms with E-state index in [0.717, 1.165) is 42.8 Å². The number of aliphatic hydroxyl groups is 1. The smallest absolute Gasteiger partial charge is 0.254 e. The maximum atomic E-state index is 13.8. The van der Waals surface area contributed by atoms with E-state index in [1.54, 1.807) is 0 Å². The first-order chi connectivity index (χ1) is 15.6. The third-order valence-electron chi connectivity index (χ3n) is 6.26. The van der Waals surface area contributed by atoms with Crippen LogP contribution in [-0.4, -0.2) is 59.8 Å². The second kappa shape index (κ2) is 10.2. The van der Waals surface area contributed by atoms with Gasteiger partial charge in [-0.15, -0.1) is 0 Å². The predicted octanol–water partition coefficient (Wildman–Crippen LogP) is 3.61. The second-order valence-corrected chi connectivity index (χ2v) is 8.57. The van der Waals surface area contributed by atoms with E-state index < -0.39 is 5.54 Å². The van der Waals surface area contributed by atoms with Crippen LogP contribution in [0.15, 0.2) is 59.6 Å². The van der Waals surface area contributed by atoms with Gasteiger partial charge in [0.1, 0.15) is 11.9 Å². The summed E-state index contributed by atoms with van der Waals surface area (Å²) in [5.74, 6) is 1.29. The maximum Gasteiger partial charge on any atom is 0.254 e. The fourth-order valence-corrected chi connectivity index (χ4v) is 4.40. The van der Waals surface area contributed by atoms with Gasteiger partial charge in [0.2, 0.25) is 5.90 Å². The molecule has 0 unspecified atom stereocenters. The summed E-state index contributed by atoms with van der Waals surface area (Å²) in [5.41, 5.74) is 0.934. The zero-order chi connectivity index (χ0) is 22.4. The molecule has 1 saturated heterocycles. The molecule has 2 heterocycles. The maximum absolute atomic E-state index is 13.8. The molecule has 2 aromatic rings. The Morgan fingerprint density at radius 3 is 2.53 bits per heavy atom. The standard InChI is InChI=1S/C26H32N2O4/c1-20-26(19-21-9-4-2-5-10-21,25(30)28-15-6-3-7-16-28)27-24(32-20)22-11-13-23(14-12-22)31-18-8-17-29/h2,4-5,9-14,20,29H,3,6-8,15-19H2,1H3/t20-,26-/m1/s1. The molecular formula is C26H32N2O4. The topological polar surface area (TPSA) is 71.4 Å². The molecule has 0 saturated carbocycles. The average Bonchev–Trinajstić information content (AvgIpc) is 3.17. The van der Waals surface area contributed by atoms with Crippen LogP contribution in [0.2, 0.25) is 0 Å². The SMILES string of the molecule is C[C@H]1OC(c2ccc(OCCCO)cc2)=N[C@@]1(Cc1ccccc1)C(=O)N1CCCCC1. The lowest BCUT2D eigenvalue weighted by molar-refractivity contribution is -0.140. The molecule has 2 aliphatic rings. The number of benzene rings is 2. The normalized spacial score (nSPS) is 22.9. The number of aliphatic imine (C=N–C) groups is 1. The molecule has 2 aromatic carbocycles. The van der Waals surface area contributed by atoms with Crippen molar-refractivity contribution >= 4 is 11.8 Å². The summed E-state index contributed by atoms with van der Waals surface area (Å²) in [7, 11) is 0. The van der Waals surface area contributed by atoms with Gasteiger partial charge in [0.25, 0.3) is 5.91 Å². The molecule has 0 bridgehead atoms. The minimum Gasteiger partial charge on any atom is -0.494 e. The van der Waals surface area contributed by atoms with Gasteiger partial charge in [0.05, 0.1) is 6.61 Å². The number of amides is 1. The number of carbonyl (C=O) groups excluding carboxylic acids is 1. The van der Waals surface area contributed by atoms with Gasteiger partial charge in [0, 0.05) is 38.1 Å². The number of piperidine rings is 1. The molecule has 0 radical (unpaired) electrons. The molecule has 1 amide bonds. The monoisotopic (exact) mass is 436 g/mol. The molecule has 1 fully saturated rings. The molecule has 0 spiro atoms. The van der Waals surface area contributed by atoms with E-state index in [9.17, 15) is 4.79 Å². The van der Waals surface area contributed by atoms with Crippen LogP contribution in [0.4, 0.5) is 0 Å². The molecule has 0 aliphatic carbocycles. The lowest BCUT2D eigenvalue weighted by Gasteiger charge is -2.36. The van der Waals surface area contributed by atoms with Crippen molar-refractivity contribution in [2.24, 2.45) is 4.99 Å². The van der Waals surface area contributed by atoms with Gasteiger partial charge in [-0.3, -0.25) is 4.79 Å². The summed E-state index contributed by atoms with van der Waals surface area (Å²) in [6.45, 7) is 4.09. The molecule has 1 N–H and O–H groups in total. The van der Waals surface area contributed by atoms with E-state index in [0.29, 0.717) is 25.3 Å². The van der Waals surface area contributed by atoms with Gasteiger partial charge in [-0.2, -0.15) is 0 Å². The van der Waals surface area contributed by atoms with Crippen LogP contribution in [0.5, 0.6) is 5.75 Å². The predicted molar refractivity (Wildman–Crippen MR) is 124 cm³/mol. The van der Waals surface area contributed by atoms with Gasteiger partial charge in [-0.1, -0.05) is 30.3 Å². The first kappa shape index (κ1) is 22.3. The summed E-state index contributed by atoms with van der Waals surface area (Å²) in [6, 6.07) is 17.6. The molecule has 0 aromatic heterocycles. The number of rotatable bonds is 8. The highest BCUT2D eigenvalue weighted by Crippen LogP contribution is 2.35. The number of aliphatic hydroxyl groups excluding tert-OH is 1. The molecule has 4 rings (SSSR count). The molecule has 170 valence electrons. The number of hydrogen-bond donors (Lipinski definition) is 1. The van der Waals surface area contributed by atoms with Crippen LogP contribution in [-0.2, 0) is 16.0 Å². The van der Waals surface area contributed by atoms with Crippen molar-refractivity contribution in [2.45, 2.75) is 50.7 Å². The quantitative estimate of drug-likeness (QED) is 0.642. The lowest BCUT2D eigenvalue weighted by atomic mass is 9.85. The van der Waals surface area contributed by atoms with Gasteiger partial charge in [-0.05, 0) is 56.0 Å². The van der Waals surface area contributed by atoms with Crippen molar-refractivity contribution in [1.82, 2.24) is 4.90 Å². The highest BCUT2D eigenvalue weighted by molar-refractivity contribution is 6.01. The van der Waals surface area contributed by atoms with E-state index in [1.807, 2.05) is 66.4 Å². The van der Waals surface area contributed by atoms with Gasteiger partial charge < -0.3 is 19.5 Å². The van der Waals surface area contributed by atoms with Crippen molar-refractivity contribution in [3.8, 4) is 5.75 Å². The van der Waals surface area contributed by atoms with Crippen molar-refractivity contribution in [2.75, 3.05) is 26.3 Å².